The predicted molar refractivity (Wildman–Crippen MR) is 89.1 cm³/mol. The average molecular weight is 352 g/mol. The summed E-state index contributed by atoms with van der Waals surface area (Å²) < 4.78 is 26.2. The Kier molecular flexibility index (Phi) is 5.59. The van der Waals surface area contributed by atoms with Crippen molar-refractivity contribution in [2.45, 2.75) is 18.2 Å². The van der Waals surface area contributed by atoms with Crippen molar-refractivity contribution < 1.29 is 13.2 Å². The summed E-state index contributed by atoms with van der Waals surface area (Å²) in [4.78, 5) is 12.2. The molecule has 2 rings (SSSR count). The van der Waals surface area contributed by atoms with Gasteiger partial charge in [0.1, 0.15) is 5.01 Å². The molecule has 0 saturated carbocycles. The number of aryl methyl sites for hydroxylation is 1. The number of anilines is 1. The maximum absolute atomic E-state index is 12.1. The minimum Gasteiger partial charge on any atom is -0.296 e. The Bertz CT molecular complexity index is 798. The average Bonchev–Trinajstić information content (AvgIpc) is 3.00. The number of nitrogens with zero attached hydrogens (tertiary/aromatic N) is 2. The molecule has 7 nitrogen and oxygen atoms in total. The first-order chi connectivity index (χ1) is 11.0. The lowest BCUT2D eigenvalue weighted by Gasteiger charge is -2.06. The molecule has 0 atom stereocenters. The van der Waals surface area contributed by atoms with E-state index in [9.17, 15) is 13.2 Å². The third-order valence-electron chi connectivity index (χ3n) is 2.83. The lowest BCUT2D eigenvalue weighted by molar-refractivity contribution is 0.102. The summed E-state index contributed by atoms with van der Waals surface area (Å²) in [5, 5.41) is 11.7. The van der Waals surface area contributed by atoms with Crippen molar-refractivity contribution in [3.05, 3.63) is 47.5 Å². The van der Waals surface area contributed by atoms with E-state index in [-0.39, 0.29) is 17.3 Å². The van der Waals surface area contributed by atoms with Gasteiger partial charge in [-0.05, 0) is 30.7 Å². The van der Waals surface area contributed by atoms with Crippen LogP contribution in [0.2, 0.25) is 0 Å². The molecule has 2 N–H and O–H groups in total. The van der Waals surface area contributed by atoms with Gasteiger partial charge in [0.05, 0.1) is 4.90 Å². The van der Waals surface area contributed by atoms with E-state index in [0.29, 0.717) is 10.7 Å². The normalized spacial score (nSPS) is 11.2. The highest BCUT2D eigenvalue weighted by molar-refractivity contribution is 7.89. The van der Waals surface area contributed by atoms with Crippen LogP contribution in [-0.4, -0.2) is 31.1 Å². The van der Waals surface area contributed by atoms with Gasteiger partial charge in [-0.25, -0.2) is 13.1 Å². The van der Waals surface area contributed by atoms with Crippen LogP contribution in [0.1, 0.15) is 22.3 Å². The van der Waals surface area contributed by atoms with Crippen molar-refractivity contribution in [1.29, 1.82) is 0 Å². The molecule has 0 aliphatic carbocycles. The summed E-state index contributed by atoms with van der Waals surface area (Å²) in [5.74, 6) is -0.369. The lowest BCUT2D eigenvalue weighted by Crippen LogP contribution is -2.23. The van der Waals surface area contributed by atoms with Crippen LogP contribution in [0.5, 0.6) is 0 Å². The van der Waals surface area contributed by atoms with Gasteiger partial charge >= 0.3 is 0 Å². The molecular weight excluding hydrogens is 336 g/mol. The zero-order valence-electron chi connectivity index (χ0n) is 12.4. The Morgan fingerprint density at radius 1 is 1.30 bits per heavy atom. The molecule has 2 aromatic rings. The van der Waals surface area contributed by atoms with Crippen molar-refractivity contribution in [3.8, 4) is 0 Å². The Labute approximate surface area is 138 Å². The molecule has 1 heterocycles. The first-order valence-electron chi connectivity index (χ1n) is 6.80. The number of rotatable bonds is 7. The number of aromatic nitrogens is 2. The largest absolute Gasteiger partial charge is 0.296 e. The number of hydrogen-bond acceptors (Lipinski definition) is 6. The first kappa shape index (κ1) is 17.3. The fourth-order valence-electron chi connectivity index (χ4n) is 1.65. The predicted octanol–water partition coefficient (Wildman–Crippen LogP) is 1.82. The van der Waals surface area contributed by atoms with Crippen LogP contribution in [-0.2, 0) is 16.4 Å². The Hall–Kier alpha value is -2.10. The third kappa shape index (κ3) is 4.44. The van der Waals surface area contributed by atoms with Gasteiger partial charge in [-0.3, -0.25) is 10.1 Å². The molecule has 0 radical (unpaired) electrons. The summed E-state index contributed by atoms with van der Waals surface area (Å²) in [6.07, 6.45) is 2.20. The van der Waals surface area contributed by atoms with Crippen LogP contribution in [0.4, 0.5) is 5.13 Å². The number of nitrogens with one attached hydrogen (secondary N) is 2. The standard InChI is InChI=1S/C14H16N4O3S2/c1-3-9-15-23(20,21)11-7-5-10(6-8-11)13(19)16-14-18-17-12(4-2)22-14/h3,5-8,15H,1,4,9H2,2H3,(H,16,18,19). The Morgan fingerprint density at radius 2 is 2.00 bits per heavy atom. The fourth-order valence-corrected chi connectivity index (χ4v) is 3.33. The minimum atomic E-state index is -3.60. The molecule has 0 bridgehead atoms. The Morgan fingerprint density at radius 3 is 2.57 bits per heavy atom. The summed E-state index contributed by atoms with van der Waals surface area (Å²) in [6, 6.07) is 5.63. The van der Waals surface area contributed by atoms with Crippen molar-refractivity contribution >= 4 is 32.4 Å². The molecule has 0 aliphatic rings. The molecule has 1 amide bonds. The summed E-state index contributed by atoms with van der Waals surface area (Å²) in [7, 11) is -3.60. The molecule has 23 heavy (non-hydrogen) atoms. The molecule has 0 aliphatic heterocycles. The van der Waals surface area contributed by atoms with Crippen LogP contribution in [0.25, 0.3) is 0 Å². The van der Waals surface area contributed by atoms with Crippen molar-refractivity contribution in [2.24, 2.45) is 0 Å². The molecule has 1 aromatic heterocycles. The zero-order chi connectivity index (χ0) is 16.9. The van der Waals surface area contributed by atoms with Gasteiger partial charge in [0.2, 0.25) is 15.2 Å². The topological polar surface area (TPSA) is 101 Å². The molecule has 9 heteroatoms. The van der Waals surface area contributed by atoms with E-state index in [1.165, 1.54) is 41.7 Å². The molecule has 0 spiro atoms. The molecule has 1 aromatic carbocycles. The second kappa shape index (κ2) is 7.44. The highest BCUT2D eigenvalue weighted by Crippen LogP contribution is 2.17. The number of amides is 1. The molecule has 0 fully saturated rings. The van der Waals surface area contributed by atoms with Gasteiger partial charge in [0, 0.05) is 12.1 Å². The summed E-state index contributed by atoms with van der Waals surface area (Å²) in [6.45, 7) is 5.54. The van der Waals surface area contributed by atoms with Crippen molar-refractivity contribution in [2.75, 3.05) is 11.9 Å². The number of sulfonamides is 1. The Balaban J connectivity index is 2.09. The third-order valence-corrected chi connectivity index (χ3v) is 5.26. The smallest absolute Gasteiger partial charge is 0.257 e. The summed E-state index contributed by atoms with van der Waals surface area (Å²) in [5.41, 5.74) is 0.334. The van der Waals surface area contributed by atoms with Gasteiger partial charge in [-0.2, -0.15) is 0 Å². The zero-order valence-corrected chi connectivity index (χ0v) is 14.1. The van der Waals surface area contributed by atoms with Crippen LogP contribution >= 0.6 is 11.3 Å². The van der Waals surface area contributed by atoms with Gasteiger partial charge in [0.15, 0.2) is 0 Å². The maximum Gasteiger partial charge on any atom is 0.257 e. The van der Waals surface area contributed by atoms with E-state index in [4.69, 9.17) is 0 Å². The first-order valence-corrected chi connectivity index (χ1v) is 9.10. The van der Waals surface area contributed by atoms with E-state index in [1.54, 1.807) is 0 Å². The molecule has 0 saturated heterocycles. The maximum atomic E-state index is 12.1. The van der Waals surface area contributed by atoms with Crippen LogP contribution in [0.15, 0.2) is 41.8 Å². The minimum absolute atomic E-state index is 0.0834. The quantitative estimate of drug-likeness (QED) is 0.740. The number of hydrogen-bond donors (Lipinski definition) is 2. The highest BCUT2D eigenvalue weighted by atomic mass is 32.2. The van der Waals surface area contributed by atoms with Gasteiger partial charge in [0.25, 0.3) is 5.91 Å². The molecule has 0 unspecified atom stereocenters. The van der Waals surface area contributed by atoms with Crippen molar-refractivity contribution in [1.82, 2.24) is 14.9 Å². The number of benzene rings is 1. The van der Waals surface area contributed by atoms with Gasteiger partial charge in [-0.15, -0.1) is 16.8 Å². The van der Waals surface area contributed by atoms with E-state index in [2.05, 4.69) is 26.8 Å². The van der Waals surface area contributed by atoms with E-state index in [1.807, 2.05) is 6.92 Å². The number of carbonyl (C=O) groups excluding carboxylic acids is 1. The van der Waals surface area contributed by atoms with E-state index >= 15 is 0 Å². The van der Waals surface area contributed by atoms with E-state index in [0.717, 1.165) is 11.4 Å². The van der Waals surface area contributed by atoms with Crippen molar-refractivity contribution in [3.63, 3.8) is 0 Å². The second-order valence-corrected chi connectivity index (χ2v) is 7.30. The van der Waals surface area contributed by atoms with Gasteiger partial charge < -0.3 is 0 Å². The summed E-state index contributed by atoms with van der Waals surface area (Å²) >= 11 is 1.30. The van der Waals surface area contributed by atoms with Crippen LogP contribution in [0, 0.1) is 0 Å². The van der Waals surface area contributed by atoms with Crippen LogP contribution < -0.4 is 10.0 Å². The highest BCUT2D eigenvalue weighted by Gasteiger charge is 2.14. The molecular formula is C14H16N4O3S2. The number of carbonyl (C=O) groups is 1. The van der Waals surface area contributed by atoms with Gasteiger partial charge in [-0.1, -0.05) is 24.3 Å². The second-order valence-electron chi connectivity index (χ2n) is 4.47. The molecule has 122 valence electrons. The van der Waals surface area contributed by atoms with Crippen LogP contribution in [0.3, 0.4) is 0 Å². The monoisotopic (exact) mass is 352 g/mol. The van der Waals surface area contributed by atoms with E-state index < -0.39 is 10.0 Å². The lowest BCUT2D eigenvalue weighted by atomic mass is 10.2. The fraction of sp³-hybridized carbons (Fsp3) is 0.214. The SMILES string of the molecule is C=CCNS(=O)(=O)c1ccc(C(=O)Nc2nnc(CC)s2)cc1.